The number of rotatable bonds is 6. The Labute approximate surface area is 165 Å². The second-order valence-corrected chi connectivity index (χ2v) is 6.41. The molecule has 2 rings (SSSR count). The van der Waals surface area contributed by atoms with Crippen LogP contribution in [0.3, 0.4) is 0 Å². The van der Waals surface area contributed by atoms with E-state index in [2.05, 4.69) is 21.2 Å². The SMILES string of the molecule is CCOc1cc(/C=C(\C#N)C(=O)Nc2ccc(Br)cc2)c(Cl)cc1OC. The lowest BCUT2D eigenvalue weighted by atomic mass is 10.1. The van der Waals surface area contributed by atoms with Gasteiger partial charge in [-0.3, -0.25) is 4.79 Å². The van der Waals surface area contributed by atoms with Crippen LogP contribution in [0, 0.1) is 11.3 Å². The highest BCUT2D eigenvalue weighted by Crippen LogP contribution is 2.34. The lowest BCUT2D eigenvalue weighted by molar-refractivity contribution is -0.112. The molecule has 2 aromatic carbocycles. The van der Waals surface area contributed by atoms with Crippen LogP contribution < -0.4 is 14.8 Å². The summed E-state index contributed by atoms with van der Waals surface area (Å²) >= 11 is 9.56. The van der Waals surface area contributed by atoms with Crippen LogP contribution in [0.1, 0.15) is 12.5 Å². The van der Waals surface area contributed by atoms with Gasteiger partial charge in [-0.2, -0.15) is 5.26 Å². The summed E-state index contributed by atoms with van der Waals surface area (Å²) in [4.78, 5) is 12.4. The molecule has 0 aliphatic heterocycles. The van der Waals surface area contributed by atoms with E-state index in [-0.39, 0.29) is 5.57 Å². The molecule has 0 aromatic heterocycles. The summed E-state index contributed by atoms with van der Waals surface area (Å²) in [6.45, 7) is 2.28. The van der Waals surface area contributed by atoms with Crippen molar-refractivity contribution in [2.45, 2.75) is 6.92 Å². The van der Waals surface area contributed by atoms with E-state index >= 15 is 0 Å². The number of hydrogen-bond donors (Lipinski definition) is 1. The minimum Gasteiger partial charge on any atom is -0.493 e. The van der Waals surface area contributed by atoms with Gasteiger partial charge in [0.15, 0.2) is 11.5 Å². The van der Waals surface area contributed by atoms with E-state index < -0.39 is 5.91 Å². The van der Waals surface area contributed by atoms with E-state index in [4.69, 9.17) is 21.1 Å². The molecular formula is C19H16BrClN2O3. The van der Waals surface area contributed by atoms with Gasteiger partial charge in [0, 0.05) is 16.2 Å². The summed E-state index contributed by atoms with van der Waals surface area (Å²) in [6.07, 6.45) is 1.42. The number of carbonyl (C=O) groups is 1. The average molecular weight is 436 g/mol. The normalized spacial score (nSPS) is 10.8. The van der Waals surface area contributed by atoms with Gasteiger partial charge in [-0.15, -0.1) is 0 Å². The smallest absolute Gasteiger partial charge is 0.266 e. The van der Waals surface area contributed by atoms with Gasteiger partial charge in [0.05, 0.1) is 18.7 Å². The molecule has 1 amide bonds. The first kappa shape index (κ1) is 19.8. The van der Waals surface area contributed by atoms with Crippen LogP contribution in [0.2, 0.25) is 5.02 Å². The van der Waals surface area contributed by atoms with Crippen molar-refractivity contribution in [2.75, 3.05) is 19.0 Å². The number of halogens is 2. The fourth-order valence-electron chi connectivity index (χ4n) is 2.13. The molecule has 0 spiro atoms. The first-order chi connectivity index (χ1) is 12.5. The number of anilines is 1. The van der Waals surface area contributed by atoms with Gasteiger partial charge in [0.2, 0.25) is 0 Å². The van der Waals surface area contributed by atoms with Gasteiger partial charge in [0.25, 0.3) is 5.91 Å². The van der Waals surface area contributed by atoms with Crippen molar-refractivity contribution in [1.29, 1.82) is 5.26 Å². The minimum absolute atomic E-state index is 0.0811. The predicted octanol–water partition coefficient (Wildman–Crippen LogP) is 5.06. The maximum atomic E-state index is 12.4. The molecule has 0 saturated heterocycles. The number of ether oxygens (including phenoxy) is 2. The molecule has 0 aliphatic rings. The summed E-state index contributed by atoms with van der Waals surface area (Å²) in [5, 5.41) is 12.4. The molecule has 5 nitrogen and oxygen atoms in total. The van der Waals surface area contributed by atoms with Gasteiger partial charge in [-0.25, -0.2) is 0 Å². The topological polar surface area (TPSA) is 71.3 Å². The van der Waals surface area contributed by atoms with Crippen LogP contribution in [0.25, 0.3) is 6.08 Å². The molecule has 0 aliphatic carbocycles. The van der Waals surface area contributed by atoms with Crippen molar-refractivity contribution in [3.63, 3.8) is 0 Å². The summed E-state index contributed by atoms with van der Waals surface area (Å²) in [6, 6.07) is 12.2. The average Bonchev–Trinajstić information content (AvgIpc) is 2.63. The first-order valence-corrected chi connectivity index (χ1v) is 8.84. The van der Waals surface area contributed by atoms with Crippen molar-refractivity contribution in [3.05, 3.63) is 57.0 Å². The minimum atomic E-state index is -0.528. The zero-order valence-electron chi connectivity index (χ0n) is 14.2. The van der Waals surface area contributed by atoms with Crippen LogP contribution in [0.15, 0.2) is 46.4 Å². The Hall–Kier alpha value is -2.49. The lowest BCUT2D eigenvalue weighted by Gasteiger charge is -2.11. The number of amides is 1. The Morgan fingerprint density at radius 2 is 2.00 bits per heavy atom. The van der Waals surface area contributed by atoms with Crippen LogP contribution >= 0.6 is 27.5 Å². The number of nitriles is 1. The first-order valence-electron chi connectivity index (χ1n) is 7.67. The molecule has 1 N–H and O–H groups in total. The van der Waals surface area contributed by atoms with Crippen molar-refractivity contribution in [3.8, 4) is 17.6 Å². The zero-order valence-corrected chi connectivity index (χ0v) is 16.5. The van der Waals surface area contributed by atoms with E-state index in [0.717, 1.165) is 4.47 Å². The molecule has 2 aromatic rings. The molecule has 0 atom stereocenters. The monoisotopic (exact) mass is 434 g/mol. The highest BCUT2D eigenvalue weighted by atomic mass is 79.9. The van der Waals surface area contributed by atoms with Crippen molar-refractivity contribution in [2.24, 2.45) is 0 Å². The fourth-order valence-corrected chi connectivity index (χ4v) is 2.60. The third kappa shape index (κ3) is 5.01. The Morgan fingerprint density at radius 1 is 1.31 bits per heavy atom. The molecule has 0 saturated carbocycles. The van der Waals surface area contributed by atoms with Gasteiger partial charge in [0.1, 0.15) is 11.6 Å². The van der Waals surface area contributed by atoms with Gasteiger partial charge >= 0.3 is 0 Å². The Morgan fingerprint density at radius 3 is 2.58 bits per heavy atom. The van der Waals surface area contributed by atoms with Gasteiger partial charge in [-0.1, -0.05) is 27.5 Å². The molecular weight excluding hydrogens is 420 g/mol. The van der Waals surface area contributed by atoms with Gasteiger partial charge < -0.3 is 14.8 Å². The van der Waals surface area contributed by atoms with Crippen molar-refractivity contribution >= 4 is 45.2 Å². The van der Waals surface area contributed by atoms with Crippen LogP contribution in [0.4, 0.5) is 5.69 Å². The Bertz CT molecular complexity index is 874. The van der Waals surface area contributed by atoms with E-state index in [1.54, 1.807) is 36.4 Å². The second kappa shape index (κ2) is 9.27. The highest BCUT2D eigenvalue weighted by Gasteiger charge is 2.14. The Kier molecular flexibility index (Phi) is 7.07. The molecule has 0 unspecified atom stereocenters. The summed E-state index contributed by atoms with van der Waals surface area (Å²) < 4.78 is 11.6. The maximum absolute atomic E-state index is 12.4. The van der Waals surface area contributed by atoms with Gasteiger partial charge in [-0.05, 0) is 48.9 Å². The molecule has 0 heterocycles. The molecule has 0 fully saturated rings. The van der Waals surface area contributed by atoms with Crippen LogP contribution in [0.5, 0.6) is 11.5 Å². The molecule has 7 heteroatoms. The molecule has 0 bridgehead atoms. The Balaban J connectivity index is 2.32. The molecule has 0 radical (unpaired) electrons. The number of methoxy groups -OCH3 is 1. The number of nitrogens with zero attached hydrogens (tertiary/aromatic N) is 1. The number of hydrogen-bond acceptors (Lipinski definition) is 4. The van der Waals surface area contributed by atoms with E-state index in [0.29, 0.717) is 34.4 Å². The zero-order chi connectivity index (χ0) is 19.1. The predicted molar refractivity (Wildman–Crippen MR) is 106 cm³/mol. The standard InChI is InChI=1S/C19H16BrClN2O3/c1-3-26-18-9-12(16(21)10-17(18)25-2)8-13(11-22)19(24)23-15-6-4-14(20)5-7-15/h4-10H,3H2,1-2H3,(H,23,24)/b13-8+. The molecule has 134 valence electrons. The van der Waals surface area contributed by atoms with E-state index in [1.165, 1.54) is 13.2 Å². The van der Waals surface area contributed by atoms with Crippen LogP contribution in [-0.2, 0) is 4.79 Å². The van der Waals surface area contributed by atoms with Crippen molar-refractivity contribution < 1.29 is 14.3 Å². The summed E-state index contributed by atoms with van der Waals surface area (Å²) in [5.74, 6) is 0.433. The van der Waals surface area contributed by atoms with E-state index in [1.807, 2.05) is 13.0 Å². The third-order valence-electron chi connectivity index (χ3n) is 3.35. The lowest BCUT2D eigenvalue weighted by Crippen LogP contribution is -2.13. The quantitative estimate of drug-likeness (QED) is 0.509. The molecule has 26 heavy (non-hydrogen) atoms. The number of benzene rings is 2. The summed E-state index contributed by atoms with van der Waals surface area (Å²) in [7, 11) is 1.51. The van der Waals surface area contributed by atoms with Crippen molar-refractivity contribution in [1.82, 2.24) is 0 Å². The summed E-state index contributed by atoms with van der Waals surface area (Å²) in [5.41, 5.74) is 0.982. The maximum Gasteiger partial charge on any atom is 0.266 e. The fraction of sp³-hybridized carbons (Fsp3) is 0.158. The second-order valence-electron chi connectivity index (χ2n) is 5.09. The number of carbonyl (C=O) groups excluding carboxylic acids is 1. The van der Waals surface area contributed by atoms with E-state index in [9.17, 15) is 10.1 Å². The van der Waals surface area contributed by atoms with Crippen LogP contribution in [-0.4, -0.2) is 19.6 Å². The highest BCUT2D eigenvalue weighted by molar-refractivity contribution is 9.10. The number of nitrogens with one attached hydrogen (secondary N) is 1. The largest absolute Gasteiger partial charge is 0.493 e. The third-order valence-corrected chi connectivity index (χ3v) is 4.21.